The van der Waals surface area contributed by atoms with Gasteiger partial charge in [0.15, 0.2) is 0 Å². The second-order valence-electron chi connectivity index (χ2n) is 7.54. The minimum absolute atomic E-state index is 0.00308. The number of hydrogen-bond donors (Lipinski definition) is 0. The van der Waals surface area contributed by atoms with Gasteiger partial charge in [0.25, 0.3) is 5.91 Å². The fourth-order valence-electron chi connectivity index (χ4n) is 3.93. The SMILES string of the molecule is Cc1onc(-c2cccs2)c1C(=O)N1CCC2(CC1)CC(C1CC1)=NO2. The van der Waals surface area contributed by atoms with Crippen LogP contribution in [0.4, 0.5) is 0 Å². The summed E-state index contributed by atoms with van der Waals surface area (Å²) >= 11 is 1.56. The van der Waals surface area contributed by atoms with E-state index >= 15 is 0 Å². The maximum Gasteiger partial charge on any atom is 0.259 e. The standard InChI is InChI=1S/C19H21N3O3S/c1-12-16(17(21-24-12)15-3-2-10-26-15)18(23)22-8-6-19(7-9-22)11-14(20-25-19)13-4-5-13/h2-3,10,13H,4-9,11H2,1H3. The zero-order valence-corrected chi connectivity index (χ0v) is 15.6. The Morgan fingerprint density at radius 3 is 2.85 bits per heavy atom. The predicted molar refractivity (Wildman–Crippen MR) is 98.3 cm³/mol. The highest BCUT2D eigenvalue weighted by atomic mass is 32.1. The van der Waals surface area contributed by atoms with Gasteiger partial charge in [-0.15, -0.1) is 11.3 Å². The lowest BCUT2D eigenvalue weighted by molar-refractivity contribution is -0.0568. The second kappa shape index (κ2) is 5.94. The number of carbonyl (C=O) groups is 1. The number of oxime groups is 1. The summed E-state index contributed by atoms with van der Waals surface area (Å²) in [4.78, 5) is 21.8. The van der Waals surface area contributed by atoms with Gasteiger partial charge < -0.3 is 14.3 Å². The van der Waals surface area contributed by atoms with Gasteiger partial charge in [0.05, 0.1) is 10.6 Å². The van der Waals surface area contributed by atoms with Crippen LogP contribution in [0.3, 0.4) is 0 Å². The Kier molecular flexibility index (Phi) is 3.67. The molecular weight excluding hydrogens is 350 g/mol. The first-order valence-electron chi connectivity index (χ1n) is 9.20. The van der Waals surface area contributed by atoms with Gasteiger partial charge in [-0.3, -0.25) is 4.79 Å². The monoisotopic (exact) mass is 371 g/mol. The van der Waals surface area contributed by atoms with Crippen molar-refractivity contribution in [2.45, 2.75) is 44.6 Å². The van der Waals surface area contributed by atoms with Crippen molar-refractivity contribution in [2.75, 3.05) is 13.1 Å². The van der Waals surface area contributed by atoms with Gasteiger partial charge in [-0.1, -0.05) is 16.4 Å². The van der Waals surface area contributed by atoms with Crippen molar-refractivity contribution in [2.24, 2.45) is 11.1 Å². The molecule has 3 aliphatic rings. The molecule has 0 unspecified atom stereocenters. The summed E-state index contributed by atoms with van der Waals surface area (Å²) in [6.45, 7) is 3.17. The predicted octanol–water partition coefficient (Wildman–Crippen LogP) is 3.87. The molecule has 0 aromatic carbocycles. The third-order valence-corrected chi connectivity index (χ3v) is 6.58. The third-order valence-electron chi connectivity index (χ3n) is 5.70. The highest BCUT2D eigenvalue weighted by molar-refractivity contribution is 7.13. The van der Waals surface area contributed by atoms with E-state index in [0.717, 1.165) is 24.1 Å². The van der Waals surface area contributed by atoms with Crippen molar-refractivity contribution in [3.8, 4) is 10.6 Å². The van der Waals surface area contributed by atoms with Crippen molar-refractivity contribution in [3.05, 3.63) is 28.8 Å². The molecule has 1 spiro atoms. The van der Waals surface area contributed by atoms with E-state index in [-0.39, 0.29) is 11.5 Å². The van der Waals surface area contributed by atoms with Crippen molar-refractivity contribution in [1.82, 2.24) is 10.1 Å². The minimum atomic E-state index is -0.186. The molecule has 1 amide bonds. The summed E-state index contributed by atoms with van der Waals surface area (Å²) in [7, 11) is 0. The van der Waals surface area contributed by atoms with Crippen LogP contribution in [0.5, 0.6) is 0 Å². The molecule has 2 aromatic heterocycles. The Morgan fingerprint density at radius 2 is 2.15 bits per heavy atom. The number of carbonyl (C=O) groups excluding carboxylic acids is 1. The number of hydrogen-bond acceptors (Lipinski definition) is 6. The van der Waals surface area contributed by atoms with Crippen LogP contribution in [-0.2, 0) is 4.84 Å². The molecule has 26 heavy (non-hydrogen) atoms. The molecule has 2 aromatic rings. The number of amides is 1. The van der Waals surface area contributed by atoms with E-state index in [2.05, 4.69) is 10.3 Å². The zero-order chi connectivity index (χ0) is 17.7. The molecule has 0 bridgehead atoms. The highest BCUT2D eigenvalue weighted by Gasteiger charge is 2.46. The van der Waals surface area contributed by atoms with Crippen LogP contribution in [0.2, 0.25) is 0 Å². The molecule has 0 N–H and O–H groups in total. The molecule has 5 rings (SSSR count). The number of aryl methyl sites for hydroxylation is 1. The largest absolute Gasteiger partial charge is 0.389 e. The van der Waals surface area contributed by atoms with Crippen molar-refractivity contribution >= 4 is 23.0 Å². The third kappa shape index (κ3) is 2.65. The average Bonchev–Trinajstić information content (AvgIpc) is 3.05. The highest BCUT2D eigenvalue weighted by Crippen LogP contribution is 2.42. The summed E-state index contributed by atoms with van der Waals surface area (Å²) < 4.78 is 5.34. The molecule has 4 heterocycles. The lowest BCUT2D eigenvalue weighted by Crippen LogP contribution is -2.47. The zero-order valence-electron chi connectivity index (χ0n) is 14.7. The Labute approximate surface area is 155 Å². The number of piperidine rings is 1. The minimum Gasteiger partial charge on any atom is -0.389 e. The number of nitrogens with zero attached hydrogens (tertiary/aromatic N) is 3. The number of aromatic nitrogens is 1. The fourth-order valence-corrected chi connectivity index (χ4v) is 4.65. The maximum absolute atomic E-state index is 13.1. The number of rotatable bonds is 3. The van der Waals surface area contributed by atoms with Crippen LogP contribution < -0.4 is 0 Å². The van der Waals surface area contributed by atoms with Crippen molar-refractivity contribution in [3.63, 3.8) is 0 Å². The first-order valence-corrected chi connectivity index (χ1v) is 10.1. The van der Waals surface area contributed by atoms with E-state index in [0.29, 0.717) is 36.0 Å². The molecule has 1 saturated carbocycles. The molecule has 1 saturated heterocycles. The van der Waals surface area contributed by atoms with Gasteiger partial charge in [0, 0.05) is 38.3 Å². The molecule has 2 fully saturated rings. The second-order valence-corrected chi connectivity index (χ2v) is 8.49. The smallest absolute Gasteiger partial charge is 0.259 e. The molecule has 2 aliphatic heterocycles. The van der Waals surface area contributed by atoms with Crippen LogP contribution in [0.1, 0.15) is 48.2 Å². The number of likely N-dealkylation sites (tertiary alicyclic amines) is 1. The van der Waals surface area contributed by atoms with Gasteiger partial charge in [0.2, 0.25) is 0 Å². The maximum atomic E-state index is 13.1. The van der Waals surface area contributed by atoms with E-state index in [1.807, 2.05) is 22.4 Å². The van der Waals surface area contributed by atoms with Crippen LogP contribution in [0.15, 0.2) is 27.2 Å². The van der Waals surface area contributed by atoms with E-state index in [1.54, 1.807) is 18.3 Å². The Bertz CT molecular complexity index is 859. The van der Waals surface area contributed by atoms with Crippen molar-refractivity contribution in [1.29, 1.82) is 0 Å². The molecule has 0 atom stereocenters. The molecule has 7 heteroatoms. The molecular formula is C19H21N3O3S. The first-order chi connectivity index (χ1) is 12.7. The Balaban J connectivity index is 1.30. The van der Waals surface area contributed by atoms with E-state index in [1.165, 1.54) is 18.6 Å². The summed E-state index contributed by atoms with van der Waals surface area (Å²) in [6, 6.07) is 3.92. The van der Waals surface area contributed by atoms with Gasteiger partial charge in [0.1, 0.15) is 22.6 Å². The summed E-state index contributed by atoms with van der Waals surface area (Å²) in [5.41, 5.74) is 2.29. The van der Waals surface area contributed by atoms with Crippen LogP contribution >= 0.6 is 11.3 Å². The van der Waals surface area contributed by atoms with E-state index in [9.17, 15) is 4.79 Å². The average molecular weight is 371 g/mol. The topological polar surface area (TPSA) is 67.9 Å². The van der Waals surface area contributed by atoms with Gasteiger partial charge in [-0.2, -0.15) is 0 Å². The van der Waals surface area contributed by atoms with Crippen LogP contribution in [0, 0.1) is 12.8 Å². The first kappa shape index (κ1) is 16.1. The number of thiophene rings is 1. The summed E-state index contributed by atoms with van der Waals surface area (Å²) in [5.74, 6) is 1.24. The molecule has 136 valence electrons. The van der Waals surface area contributed by atoms with Gasteiger partial charge >= 0.3 is 0 Å². The lowest BCUT2D eigenvalue weighted by atomic mass is 9.86. The molecule has 1 aliphatic carbocycles. The normalized spacial score (nSPS) is 21.7. The van der Waals surface area contributed by atoms with E-state index < -0.39 is 0 Å². The molecule has 0 radical (unpaired) electrons. The Hall–Kier alpha value is -2.15. The van der Waals surface area contributed by atoms with Crippen LogP contribution in [0.25, 0.3) is 10.6 Å². The Morgan fingerprint density at radius 1 is 1.35 bits per heavy atom. The molecule has 6 nitrogen and oxygen atoms in total. The summed E-state index contributed by atoms with van der Waals surface area (Å²) in [5, 5.41) is 10.5. The van der Waals surface area contributed by atoms with Gasteiger partial charge in [-0.05, 0) is 31.2 Å². The quantitative estimate of drug-likeness (QED) is 0.821. The lowest BCUT2D eigenvalue weighted by Gasteiger charge is -2.37. The van der Waals surface area contributed by atoms with Crippen molar-refractivity contribution < 1.29 is 14.2 Å². The van der Waals surface area contributed by atoms with Crippen LogP contribution in [-0.4, -0.2) is 40.4 Å². The van der Waals surface area contributed by atoms with E-state index in [4.69, 9.17) is 9.36 Å². The summed E-state index contributed by atoms with van der Waals surface area (Å²) in [6.07, 6.45) is 5.10. The van der Waals surface area contributed by atoms with Gasteiger partial charge in [-0.25, -0.2) is 0 Å². The fraction of sp³-hybridized carbons (Fsp3) is 0.526.